The third-order valence-corrected chi connectivity index (χ3v) is 3.79. The van der Waals surface area contributed by atoms with E-state index in [0.717, 1.165) is 21.6 Å². The quantitative estimate of drug-likeness (QED) is 0.730. The van der Waals surface area contributed by atoms with Crippen molar-refractivity contribution in [1.82, 2.24) is 9.97 Å². The zero-order chi connectivity index (χ0) is 12.5. The smallest absolute Gasteiger partial charge is 0.166 e. The molecule has 1 N–H and O–H groups in total. The van der Waals surface area contributed by atoms with Gasteiger partial charge in [0.1, 0.15) is 5.78 Å². The summed E-state index contributed by atoms with van der Waals surface area (Å²) in [6.45, 7) is 1.59. The molecule has 3 rings (SSSR count). The number of thioether (sulfide) groups is 1. The standard InChI is InChI=1S/C14H12N2OS/c1-9(17)8-18-14-15-12-7-6-10-4-2-3-5-11(10)13(12)16-14/h2-7H,8H2,1H3,(H,15,16). The number of benzene rings is 2. The van der Waals surface area contributed by atoms with Crippen molar-refractivity contribution in [3.8, 4) is 0 Å². The monoisotopic (exact) mass is 256 g/mol. The van der Waals surface area contributed by atoms with Crippen LogP contribution in [0.1, 0.15) is 6.92 Å². The Kier molecular flexibility index (Phi) is 2.80. The number of carbonyl (C=O) groups is 1. The largest absolute Gasteiger partial charge is 0.333 e. The van der Waals surface area contributed by atoms with Gasteiger partial charge in [-0.05, 0) is 18.4 Å². The van der Waals surface area contributed by atoms with Gasteiger partial charge in [-0.3, -0.25) is 4.79 Å². The molecule has 0 fully saturated rings. The number of carbonyl (C=O) groups excluding carboxylic acids is 1. The van der Waals surface area contributed by atoms with Gasteiger partial charge in [0.25, 0.3) is 0 Å². The zero-order valence-corrected chi connectivity index (χ0v) is 10.8. The van der Waals surface area contributed by atoms with Gasteiger partial charge in [0.05, 0.1) is 16.8 Å². The first kappa shape index (κ1) is 11.3. The Morgan fingerprint density at radius 1 is 1.28 bits per heavy atom. The summed E-state index contributed by atoms with van der Waals surface area (Å²) in [5.41, 5.74) is 1.99. The molecular formula is C14H12N2OS. The van der Waals surface area contributed by atoms with Crippen molar-refractivity contribution in [3.63, 3.8) is 0 Å². The molecule has 0 spiro atoms. The fraction of sp³-hybridized carbons (Fsp3) is 0.143. The molecule has 3 aromatic rings. The molecule has 2 aromatic carbocycles. The summed E-state index contributed by atoms with van der Waals surface area (Å²) in [6, 6.07) is 12.3. The SMILES string of the molecule is CC(=O)CSc1nc2c(ccc3ccccc32)[nH]1. The Hall–Kier alpha value is -1.81. The van der Waals surface area contributed by atoms with Crippen LogP contribution >= 0.6 is 11.8 Å². The van der Waals surface area contributed by atoms with Crippen LogP contribution < -0.4 is 0 Å². The maximum absolute atomic E-state index is 11.0. The average molecular weight is 256 g/mol. The van der Waals surface area contributed by atoms with Gasteiger partial charge in [0.2, 0.25) is 0 Å². The lowest BCUT2D eigenvalue weighted by molar-refractivity contribution is -0.114. The van der Waals surface area contributed by atoms with Crippen molar-refractivity contribution in [2.24, 2.45) is 0 Å². The highest BCUT2D eigenvalue weighted by atomic mass is 32.2. The van der Waals surface area contributed by atoms with Crippen LogP contribution in [0.15, 0.2) is 41.6 Å². The predicted molar refractivity (Wildman–Crippen MR) is 75.0 cm³/mol. The number of aromatic nitrogens is 2. The molecule has 4 heteroatoms. The molecule has 0 unspecified atom stereocenters. The van der Waals surface area contributed by atoms with Gasteiger partial charge in [-0.2, -0.15) is 0 Å². The van der Waals surface area contributed by atoms with Crippen molar-refractivity contribution >= 4 is 39.4 Å². The molecule has 0 aliphatic carbocycles. The number of nitrogens with one attached hydrogen (secondary N) is 1. The summed E-state index contributed by atoms with van der Waals surface area (Å²) in [4.78, 5) is 18.8. The molecule has 0 radical (unpaired) electrons. The summed E-state index contributed by atoms with van der Waals surface area (Å²) in [5, 5.41) is 3.12. The van der Waals surface area contributed by atoms with Crippen LogP contribution in [-0.4, -0.2) is 21.5 Å². The molecule has 1 aromatic heterocycles. The van der Waals surface area contributed by atoms with Crippen LogP contribution in [0.2, 0.25) is 0 Å². The van der Waals surface area contributed by atoms with Crippen molar-refractivity contribution < 1.29 is 4.79 Å². The van der Waals surface area contributed by atoms with Crippen LogP contribution in [-0.2, 0) is 4.79 Å². The summed E-state index contributed by atoms with van der Waals surface area (Å²) in [5.74, 6) is 0.614. The van der Waals surface area contributed by atoms with Gasteiger partial charge in [-0.1, -0.05) is 42.1 Å². The minimum atomic E-state index is 0.158. The highest BCUT2D eigenvalue weighted by molar-refractivity contribution is 7.99. The van der Waals surface area contributed by atoms with Crippen LogP contribution in [0.3, 0.4) is 0 Å². The highest BCUT2D eigenvalue weighted by Gasteiger charge is 2.07. The Bertz CT molecular complexity index is 733. The van der Waals surface area contributed by atoms with E-state index in [-0.39, 0.29) is 5.78 Å². The molecule has 0 bridgehead atoms. The number of rotatable bonds is 3. The Balaban J connectivity index is 2.11. The minimum absolute atomic E-state index is 0.158. The fourth-order valence-corrected chi connectivity index (χ4v) is 2.64. The highest BCUT2D eigenvalue weighted by Crippen LogP contribution is 2.26. The van der Waals surface area contributed by atoms with E-state index in [1.165, 1.54) is 17.1 Å². The summed E-state index contributed by atoms with van der Waals surface area (Å²) >= 11 is 1.45. The fourth-order valence-electron chi connectivity index (χ4n) is 1.96. The molecule has 0 aliphatic heterocycles. The number of nitrogens with zero attached hydrogens (tertiary/aromatic N) is 1. The Labute approximate surface area is 109 Å². The summed E-state index contributed by atoms with van der Waals surface area (Å²) in [6.07, 6.45) is 0. The van der Waals surface area contributed by atoms with E-state index in [9.17, 15) is 4.79 Å². The lowest BCUT2D eigenvalue weighted by atomic mass is 10.1. The van der Waals surface area contributed by atoms with E-state index in [0.29, 0.717) is 5.75 Å². The lowest BCUT2D eigenvalue weighted by Crippen LogP contribution is -1.93. The van der Waals surface area contributed by atoms with Crippen molar-refractivity contribution in [2.75, 3.05) is 5.75 Å². The number of fused-ring (bicyclic) bond motifs is 3. The van der Waals surface area contributed by atoms with E-state index >= 15 is 0 Å². The van der Waals surface area contributed by atoms with Gasteiger partial charge in [0.15, 0.2) is 5.16 Å². The van der Waals surface area contributed by atoms with Crippen molar-refractivity contribution in [2.45, 2.75) is 12.1 Å². The van der Waals surface area contributed by atoms with E-state index in [1.807, 2.05) is 18.2 Å². The topological polar surface area (TPSA) is 45.8 Å². The predicted octanol–water partition coefficient (Wildman–Crippen LogP) is 3.40. The van der Waals surface area contributed by atoms with E-state index < -0.39 is 0 Å². The second kappa shape index (κ2) is 4.46. The maximum Gasteiger partial charge on any atom is 0.166 e. The zero-order valence-electron chi connectivity index (χ0n) is 9.93. The van der Waals surface area contributed by atoms with Gasteiger partial charge in [-0.15, -0.1) is 0 Å². The van der Waals surface area contributed by atoms with Crippen LogP contribution in [0.5, 0.6) is 0 Å². The Morgan fingerprint density at radius 3 is 2.94 bits per heavy atom. The first-order chi connectivity index (χ1) is 8.74. The normalized spacial score (nSPS) is 11.2. The molecule has 0 atom stereocenters. The van der Waals surface area contributed by atoms with E-state index in [1.54, 1.807) is 6.92 Å². The third kappa shape index (κ3) is 1.99. The van der Waals surface area contributed by atoms with Gasteiger partial charge < -0.3 is 4.98 Å². The minimum Gasteiger partial charge on any atom is -0.333 e. The molecule has 90 valence electrons. The van der Waals surface area contributed by atoms with Crippen LogP contribution in [0.4, 0.5) is 0 Å². The second-order valence-corrected chi connectivity index (χ2v) is 5.18. The van der Waals surface area contributed by atoms with Crippen LogP contribution in [0.25, 0.3) is 21.8 Å². The van der Waals surface area contributed by atoms with Crippen molar-refractivity contribution in [1.29, 1.82) is 0 Å². The first-order valence-electron chi connectivity index (χ1n) is 5.74. The number of hydrogen-bond acceptors (Lipinski definition) is 3. The van der Waals surface area contributed by atoms with E-state index in [2.05, 4.69) is 28.2 Å². The second-order valence-electron chi connectivity index (χ2n) is 4.22. The third-order valence-electron chi connectivity index (χ3n) is 2.77. The molecule has 0 saturated heterocycles. The molecule has 18 heavy (non-hydrogen) atoms. The number of H-pyrrole nitrogens is 1. The first-order valence-corrected chi connectivity index (χ1v) is 6.72. The lowest BCUT2D eigenvalue weighted by Gasteiger charge is -1.96. The molecule has 0 saturated carbocycles. The number of imidazole rings is 1. The number of ketones is 1. The average Bonchev–Trinajstić information content (AvgIpc) is 2.79. The molecule has 3 nitrogen and oxygen atoms in total. The molecule has 1 heterocycles. The maximum atomic E-state index is 11.0. The van der Waals surface area contributed by atoms with Gasteiger partial charge in [0, 0.05) is 5.39 Å². The van der Waals surface area contributed by atoms with Gasteiger partial charge in [-0.25, -0.2) is 4.98 Å². The number of hydrogen-bond donors (Lipinski definition) is 1. The molecule has 0 amide bonds. The Morgan fingerprint density at radius 2 is 2.11 bits per heavy atom. The number of aromatic amines is 1. The van der Waals surface area contributed by atoms with E-state index in [4.69, 9.17) is 0 Å². The summed E-state index contributed by atoms with van der Waals surface area (Å²) < 4.78 is 0. The summed E-state index contributed by atoms with van der Waals surface area (Å²) in [7, 11) is 0. The molecular weight excluding hydrogens is 244 g/mol. The van der Waals surface area contributed by atoms with Gasteiger partial charge >= 0.3 is 0 Å². The van der Waals surface area contributed by atoms with Crippen molar-refractivity contribution in [3.05, 3.63) is 36.4 Å². The number of Topliss-reactive ketones (excluding diaryl/α,β-unsaturated/α-hetero) is 1. The molecule has 0 aliphatic rings. The van der Waals surface area contributed by atoms with Crippen LogP contribution in [0, 0.1) is 0 Å².